The van der Waals surface area contributed by atoms with E-state index >= 15 is 0 Å². The van der Waals surface area contributed by atoms with Gasteiger partial charge in [0.1, 0.15) is 19.3 Å². The van der Waals surface area contributed by atoms with E-state index in [0.717, 1.165) is 70.6 Å². The van der Waals surface area contributed by atoms with Crippen LogP contribution in [0.15, 0.2) is 60.8 Å². The van der Waals surface area contributed by atoms with Crippen molar-refractivity contribution >= 4 is 13.8 Å². The van der Waals surface area contributed by atoms with Crippen molar-refractivity contribution in [3.05, 3.63) is 60.8 Å². The average Bonchev–Trinajstić information content (AvgIpc) is 3.13. The molecule has 0 aliphatic carbocycles. The van der Waals surface area contributed by atoms with E-state index in [4.69, 9.17) is 18.5 Å². The smallest absolute Gasteiger partial charge is 0.306 e. The zero-order chi connectivity index (χ0) is 40.6. The van der Waals surface area contributed by atoms with Crippen LogP contribution < -0.4 is 4.89 Å². The van der Waals surface area contributed by atoms with Crippen LogP contribution in [0.2, 0.25) is 0 Å². The molecule has 2 atom stereocenters. The number of carbonyl (C=O) groups is 1. The number of carbonyl (C=O) groups excluding carboxylic acids is 1. The number of hydrogen-bond donors (Lipinski definition) is 0. The Balaban J connectivity index is 4.09. The van der Waals surface area contributed by atoms with Crippen molar-refractivity contribution in [2.45, 2.75) is 174 Å². The van der Waals surface area contributed by atoms with Crippen LogP contribution in [0.5, 0.6) is 0 Å². The molecule has 0 radical (unpaired) electrons. The zero-order valence-electron chi connectivity index (χ0n) is 36.1. The number of phosphoric acid groups is 1. The summed E-state index contributed by atoms with van der Waals surface area (Å²) in [6, 6.07) is 0. The van der Waals surface area contributed by atoms with Crippen LogP contribution in [-0.2, 0) is 27.9 Å². The summed E-state index contributed by atoms with van der Waals surface area (Å²) < 4.78 is 34.4. The summed E-state index contributed by atoms with van der Waals surface area (Å²) in [5.74, 6) is -0.344. The summed E-state index contributed by atoms with van der Waals surface area (Å²) in [5.41, 5.74) is 0. The summed E-state index contributed by atoms with van der Waals surface area (Å²) in [6.07, 6.45) is 48.1. The molecule has 55 heavy (non-hydrogen) atoms. The normalized spacial score (nSPS) is 14.4. The first-order valence-corrected chi connectivity index (χ1v) is 23.5. The van der Waals surface area contributed by atoms with Gasteiger partial charge < -0.3 is 27.9 Å². The highest BCUT2D eigenvalue weighted by atomic mass is 31.2. The molecule has 0 rings (SSSR count). The lowest BCUT2D eigenvalue weighted by atomic mass is 10.1. The number of phosphoric ester groups is 1. The summed E-state index contributed by atoms with van der Waals surface area (Å²) in [5, 5.41) is 0. The second kappa shape index (κ2) is 39.0. The van der Waals surface area contributed by atoms with Crippen molar-refractivity contribution in [3.8, 4) is 0 Å². The van der Waals surface area contributed by atoms with Gasteiger partial charge in [0.2, 0.25) is 0 Å². The number of esters is 1. The van der Waals surface area contributed by atoms with Gasteiger partial charge in [-0.1, -0.05) is 164 Å². The van der Waals surface area contributed by atoms with Crippen LogP contribution in [0.1, 0.15) is 168 Å². The fourth-order valence-corrected chi connectivity index (χ4v) is 6.42. The molecule has 0 aromatic rings. The molecule has 0 aliphatic rings. The van der Waals surface area contributed by atoms with Crippen LogP contribution in [0, 0.1) is 0 Å². The maximum absolute atomic E-state index is 12.6. The molecule has 8 nitrogen and oxygen atoms in total. The van der Waals surface area contributed by atoms with Gasteiger partial charge in [-0.25, -0.2) is 0 Å². The van der Waals surface area contributed by atoms with E-state index in [2.05, 4.69) is 74.6 Å². The maximum atomic E-state index is 12.6. The van der Waals surface area contributed by atoms with E-state index < -0.39 is 13.9 Å². The van der Waals surface area contributed by atoms with Gasteiger partial charge >= 0.3 is 5.97 Å². The molecule has 0 N–H and O–H groups in total. The molecule has 0 heterocycles. The molecule has 0 spiro atoms. The molecule has 0 aromatic heterocycles. The molecule has 0 bridgehead atoms. The summed E-state index contributed by atoms with van der Waals surface area (Å²) in [7, 11) is 1.35. The van der Waals surface area contributed by atoms with E-state index in [9.17, 15) is 14.3 Å². The van der Waals surface area contributed by atoms with Gasteiger partial charge in [0.05, 0.1) is 34.4 Å². The predicted molar refractivity (Wildman–Crippen MR) is 231 cm³/mol. The lowest BCUT2D eigenvalue weighted by Gasteiger charge is -2.28. The Morgan fingerprint density at radius 2 is 1.05 bits per heavy atom. The minimum atomic E-state index is -4.52. The minimum absolute atomic E-state index is 0.0233. The Labute approximate surface area is 339 Å². The van der Waals surface area contributed by atoms with E-state index in [0.29, 0.717) is 24.1 Å². The van der Waals surface area contributed by atoms with Gasteiger partial charge in [0.25, 0.3) is 7.82 Å². The number of likely N-dealkylation sites (N-methyl/N-ethyl adjacent to an activating group) is 1. The topological polar surface area (TPSA) is 94.1 Å². The molecule has 320 valence electrons. The molecule has 9 heteroatoms. The Kier molecular flexibility index (Phi) is 37.8. The third-order valence-electron chi connectivity index (χ3n) is 9.08. The Morgan fingerprint density at radius 1 is 0.582 bits per heavy atom. The second-order valence-corrected chi connectivity index (χ2v) is 17.1. The van der Waals surface area contributed by atoms with Crippen LogP contribution in [-0.4, -0.2) is 70.7 Å². The first kappa shape index (κ1) is 53.2. The largest absolute Gasteiger partial charge is 0.756 e. The molecule has 0 saturated heterocycles. The molecule has 0 fully saturated rings. The lowest BCUT2D eigenvalue weighted by molar-refractivity contribution is -0.870. The van der Waals surface area contributed by atoms with Crippen molar-refractivity contribution in [1.82, 2.24) is 0 Å². The monoisotopic (exact) mass is 794 g/mol. The van der Waals surface area contributed by atoms with Crippen molar-refractivity contribution in [2.75, 3.05) is 54.1 Å². The van der Waals surface area contributed by atoms with Crippen LogP contribution in [0.3, 0.4) is 0 Å². The number of ether oxygens (including phenoxy) is 2. The number of nitrogens with zero attached hydrogens (tertiary/aromatic N) is 1. The summed E-state index contributed by atoms with van der Waals surface area (Å²) in [6.45, 7) is 5.26. The van der Waals surface area contributed by atoms with Crippen molar-refractivity contribution in [1.29, 1.82) is 0 Å². The van der Waals surface area contributed by atoms with Crippen molar-refractivity contribution < 1.29 is 37.3 Å². The third-order valence-corrected chi connectivity index (χ3v) is 10.0. The maximum Gasteiger partial charge on any atom is 0.306 e. The summed E-state index contributed by atoms with van der Waals surface area (Å²) >= 11 is 0. The fraction of sp³-hybridized carbons (Fsp3) is 0.761. The Bertz CT molecular complexity index is 1060. The van der Waals surface area contributed by atoms with E-state index in [1.54, 1.807) is 0 Å². The molecular weight excluding hydrogens is 709 g/mol. The standard InChI is InChI=1S/C46H84NO7P/c1-6-8-10-12-14-16-17-18-19-20-21-22-23-24-25-26-27-28-29-30-31-32-33-35-37-39-46(48)54-45(43-51-41-38-36-34-15-13-11-9-7-2)44-53-55(49,50)52-42-40-47(3,4)5/h8,10,14,16,18-19,21-22,24-25,45H,6-7,9,11-13,15,17,20,23,26-44H2,1-5H3/b10-8-,16-14-,19-18-,22-21-,25-24-. The third kappa shape index (κ3) is 43.2. The molecule has 0 aliphatic heterocycles. The van der Waals surface area contributed by atoms with E-state index in [-0.39, 0.29) is 25.8 Å². The Morgan fingerprint density at radius 3 is 1.58 bits per heavy atom. The average molecular weight is 794 g/mol. The van der Waals surface area contributed by atoms with Gasteiger partial charge in [-0.2, -0.15) is 0 Å². The van der Waals surface area contributed by atoms with Gasteiger partial charge in [0.15, 0.2) is 0 Å². The van der Waals surface area contributed by atoms with E-state index in [1.807, 2.05) is 21.1 Å². The summed E-state index contributed by atoms with van der Waals surface area (Å²) in [4.78, 5) is 25.0. The first-order chi connectivity index (χ1) is 26.6. The first-order valence-electron chi connectivity index (χ1n) is 22.0. The molecule has 0 saturated carbocycles. The molecule has 0 amide bonds. The van der Waals surface area contributed by atoms with Crippen molar-refractivity contribution in [2.24, 2.45) is 0 Å². The zero-order valence-corrected chi connectivity index (χ0v) is 37.0. The van der Waals surface area contributed by atoms with Gasteiger partial charge in [-0.15, -0.1) is 0 Å². The molecule has 2 unspecified atom stereocenters. The van der Waals surface area contributed by atoms with Crippen molar-refractivity contribution in [3.63, 3.8) is 0 Å². The van der Waals surface area contributed by atoms with Crippen LogP contribution in [0.25, 0.3) is 0 Å². The number of rotatable bonds is 40. The molecular formula is C46H84NO7P. The number of unbranched alkanes of at least 4 members (excludes halogenated alkanes) is 16. The highest BCUT2D eigenvalue weighted by Gasteiger charge is 2.20. The Hall–Kier alpha value is -1.80. The van der Waals surface area contributed by atoms with Crippen LogP contribution >= 0.6 is 7.82 Å². The lowest BCUT2D eigenvalue weighted by Crippen LogP contribution is -2.37. The minimum Gasteiger partial charge on any atom is -0.756 e. The number of allylic oxidation sites excluding steroid dienone is 10. The molecule has 0 aromatic carbocycles. The fourth-order valence-electron chi connectivity index (χ4n) is 5.69. The van der Waals surface area contributed by atoms with Crippen LogP contribution in [0.4, 0.5) is 0 Å². The highest BCUT2D eigenvalue weighted by Crippen LogP contribution is 2.38. The SMILES string of the molecule is CC/C=C\C/C=C\C/C=C\C/C=C\C/C=C\CCCCCCCCCCCC(=O)OC(COCCCCCCCCCC)COP(=O)([O-])OCC[N+](C)(C)C. The highest BCUT2D eigenvalue weighted by molar-refractivity contribution is 7.45. The second-order valence-electron chi connectivity index (χ2n) is 15.7. The van der Waals surface area contributed by atoms with Gasteiger partial charge in [-0.3, -0.25) is 9.36 Å². The van der Waals surface area contributed by atoms with E-state index in [1.165, 1.54) is 77.0 Å². The van der Waals surface area contributed by atoms with Gasteiger partial charge in [0, 0.05) is 13.0 Å². The quantitative estimate of drug-likeness (QED) is 0.0200. The number of hydrogen-bond acceptors (Lipinski definition) is 7. The van der Waals surface area contributed by atoms with Gasteiger partial charge in [-0.05, 0) is 57.8 Å². The number of quaternary nitrogens is 1. The predicted octanol–water partition coefficient (Wildman–Crippen LogP) is 12.3.